The van der Waals surface area contributed by atoms with Gasteiger partial charge < -0.3 is 24.8 Å². The molecule has 2 amide bonds. The zero-order valence-corrected chi connectivity index (χ0v) is 19.2. The van der Waals surface area contributed by atoms with Gasteiger partial charge in [0, 0.05) is 23.6 Å². The Hall–Kier alpha value is -4.53. The van der Waals surface area contributed by atoms with E-state index in [1.165, 1.54) is 28.3 Å². The minimum Gasteiger partial charge on any atom is -0.493 e. The van der Waals surface area contributed by atoms with Crippen molar-refractivity contribution in [3.63, 3.8) is 0 Å². The summed E-state index contributed by atoms with van der Waals surface area (Å²) in [6.45, 7) is 1.47. The van der Waals surface area contributed by atoms with Crippen molar-refractivity contribution in [2.24, 2.45) is 0 Å². The summed E-state index contributed by atoms with van der Waals surface area (Å²) in [5, 5.41) is 13.6. The largest absolute Gasteiger partial charge is 0.493 e. The average Bonchev–Trinajstić information content (AvgIpc) is 3.24. The number of methoxy groups -OCH3 is 3. The van der Waals surface area contributed by atoms with E-state index in [0.717, 1.165) is 22.0 Å². The molecule has 3 aromatic carbocycles. The first-order valence-corrected chi connectivity index (χ1v) is 10.4. The van der Waals surface area contributed by atoms with E-state index >= 15 is 0 Å². The van der Waals surface area contributed by atoms with Gasteiger partial charge >= 0.3 is 0 Å². The molecule has 3 N–H and O–H groups in total. The van der Waals surface area contributed by atoms with Crippen LogP contribution in [0.15, 0.2) is 54.6 Å². The van der Waals surface area contributed by atoms with Crippen molar-refractivity contribution in [3.8, 4) is 28.4 Å². The second-order valence-corrected chi connectivity index (χ2v) is 7.46. The Labute approximate surface area is 196 Å². The van der Waals surface area contributed by atoms with Crippen LogP contribution in [0.25, 0.3) is 22.0 Å². The van der Waals surface area contributed by atoms with E-state index in [1.807, 2.05) is 42.5 Å². The van der Waals surface area contributed by atoms with Gasteiger partial charge in [0.05, 0.1) is 26.8 Å². The van der Waals surface area contributed by atoms with Crippen LogP contribution in [-0.2, 0) is 4.79 Å². The number of nitrogens with one attached hydrogen (secondary N) is 3. The number of hydrogen-bond donors (Lipinski definition) is 3. The van der Waals surface area contributed by atoms with Crippen LogP contribution >= 0.6 is 0 Å². The van der Waals surface area contributed by atoms with Crippen molar-refractivity contribution in [2.45, 2.75) is 6.92 Å². The van der Waals surface area contributed by atoms with E-state index in [0.29, 0.717) is 34.3 Å². The molecule has 34 heavy (non-hydrogen) atoms. The van der Waals surface area contributed by atoms with Crippen LogP contribution in [0.2, 0.25) is 0 Å². The molecule has 0 aliphatic carbocycles. The highest BCUT2D eigenvalue weighted by molar-refractivity contribution is 6.08. The lowest BCUT2D eigenvalue weighted by atomic mass is 10.0. The topological polar surface area (TPSA) is 115 Å². The molecule has 0 spiro atoms. The minimum atomic E-state index is -0.375. The molecule has 0 saturated carbocycles. The summed E-state index contributed by atoms with van der Waals surface area (Å²) in [6.07, 6.45) is 0. The Kier molecular flexibility index (Phi) is 6.35. The number of aromatic amines is 1. The summed E-state index contributed by atoms with van der Waals surface area (Å²) in [4.78, 5) is 24.3. The SMILES string of the molecule is COc1cc(C(=O)Nc2n[nH]c3cc(-c4cccc(NC(C)=O)c4)ccc23)cc(OC)c1OC. The van der Waals surface area contributed by atoms with E-state index in [9.17, 15) is 9.59 Å². The van der Waals surface area contributed by atoms with Crippen molar-refractivity contribution in [3.05, 3.63) is 60.2 Å². The molecule has 9 heteroatoms. The van der Waals surface area contributed by atoms with Crippen LogP contribution in [0.4, 0.5) is 11.5 Å². The van der Waals surface area contributed by atoms with Crippen molar-refractivity contribution < 1.29 is 23.8 Å². The maximum Gasteiger partial charge on any atom is 0.257 e. The van der Waals surface area contributed by atoms with Gasteiger partial charge in [0.25, 0.3) is 5.91 Å². The standard InChI is InChI=1S/C25H24N4O5/c1-14(30)26-18-7-5-6-15(10-18)16-8-9-19-20(11-16)28-29-24(19)27-25(31)17-12-21(32-2)23(34-4)22(13-17)33-3/h5-13H,1-4H3,(H,26,30)(H2,27,28,29,31). The Morgan fingerprint density at radius 2 is 1.56 bits per heavy atom. The fraction of sp³-hybridized carbons (Fsp3) is 0.160. The Bertz CT molecular complexity index is 1350. The van der Waals surface area contributed by atoms with Gasteiger partial charge in [-0.05, 0) is 47.5 Å². The molecule has 0 bridgehead atoms. The number of nitrogens with zero attached hydrogens (tertiary/aromatic N) is 1. The molecule has 0 atom stereocenters. The van der Waals surface area contributed by atoms with Crippen molar-refractivity contribution in [1.29, 1.82) is 0 Å². The number of rotatable bonds is 7. The monoisotopic (exact) mass is 460 g/mol. The maximum absolute atomic E-state index is 13.0. The zero-order chi connectivity index (χ0) is 24.2. The van der Waals surface area contributed by atoms with Gasteiger partial charge in [-0.25, -0.2) is 0 Å². The third-order valence-electron chi connectivity index (χ3n) is 5.24. The van der Waals surface area contributed by atoms with E-state index in [1.54, 1.807) is 12.1 Å². The number of fused-ring (bicyclic) bond motifs is 1. The highest BCUT2D eigenvalue weighted by atomic mass is 16.5. The number of ether oxygens (including phenoxy) is 3. The molecule has 1 heterocycles. The lowest BCUT2D eigenvalue weighted by Gasteiger charge is -2.13. The third-order valence-corrected chi connectivity index (χ3v) is 5.24. The molecular formula is C25H24N4O5. The first-order chi connectivity index (χ1) is 16.4. The maximum atomic E-state index is 13.0. The van der Waals surface area contributed by atoms with E-state index in [4.69, 9.17) is 14.2 Å². The minimum absolute atomic E-state index is 0.131. The number of benzene rings is 3. The number of carbonyl (C=O) groups excluding carboxylic acids is 2. The quantitative estimate of drug-likeness (QED) is 0.375. The summed E-state index contributed by atoms with van der Waals surface area (Å²) < 4.78 is 16.0. The molecule has 4 aromatic rings. The molecule has 0 fully saturated rings. The molecule has 0 aliphatic heterocycles. The van der Waals surface area contributed by atoms with Gasteiger partial charge in [0.1, 0.15) is 0 Å². The van der Waals surface area contributed by atoms with E-state index < -0.39 is 0 Å². The van der Waals surface area contributed by atoms with Gasteiger partial charge in [-0.1, -0.05) is 18.2 Å². The van der Waals surface area contributed by atoms with Gasteiger partial charge in [0.2, 0.25) is 11.7 Å². The molecular weight excluding hydrogens is 436 g/mol. The fourth-order valence-electron chi connectivity index (χ4n) is 3.67. The normalized spacial score (nSPS) is 10.6. The first-order valence-electron chi connectivity index (χ1n) is 10.4. The molecule has 1 aromatic heterocycles. The summed E-state index contributed by atoms with van der Waals surface area (Å²) in [5.74, 6) is 1.05. The number of H-pyrrole nitrogens is 1. The van der Waals surface area contributed by atoms with Crippen molar-refractivity contribution >= 4 is 34.2 Å². The second kappa shape index (κ2) is 9.53. The highest BCUT2D eigenvalue weighted by Crippen LogP contribution is 2.38. The summed E-state index contributed by atoms with van der Waals surface area (Å²) in [7, 11) is 4.48. The lowest BCUT2D eigenvalue weighted by Crippen LogP contribution is -2.13. The van der Waals surface area contributed by atoms with Crippen molar-refractivity contribution in [1.82, 2.24) is 10.2 Å². The van der Waals surface area contributed by atoms with E-state index in [2.05, 4.69) is 20.8 Å². The molecule has 0 radical (unpaired) electrons. The number of amides is 2. The summed E-state index contributed by atoms with van der Waals surface area (Å²) in [5.41, 5.74) is 3.67. The molecule has 174 valence electrons. The smallest absolute Gasteiger partial charge is 0.257 e. The molecule has 0 unspecified atom stereocenters. The number of hydrogen-bond acceptors (Lipinski definition) is 6. The van der Waals surface area contributed by atoms with Gasteiger partial charge in [-0.15, -0.1) is 0 Å². The molecule has 9 nitrogen and oxygen atoms in total. The van der Waals surface area contributed by atoms with E-state index in [-0.39, 0.29) is 11.8 Å². The Balaban J connectivity index is 1.61. The summed E-state index contributed by atoms with van der Waals surface area (Å²) >= 11 is 0. The second-order valence-electron chi connectivity index (χ2n) is 7.46. The number of aromatic nitrogens is 2. The van der Waals surface area contributed by atoms with Crippen molar-refractivity contribution in [2.75, 3.05) is 32.0 Å². The van der Waals surface area contributed by atoms with Crippen LogP contribution in [0.1, 0.15) is 17.3 Å². The summed E-state index contributed by atoms with van der Waals surface area (Å²) in [6, 6.07) is 16.4. The highest BCUT2D eigenvalue weighted by Gasteiger charge is 2.18. The van der Waals surface area contributed by atoms with Crippen LogP contribution in [0, 0.1) is 0 Å². The number of anilines is 2. The fourth-order valence-corrected chi connectivity index (χ4v) is 3.67. The van der Waals surface area contributed by atoms with Gasteiger partial charge in [-0.3, -0.25) is 14.7 Å². The molecule has 0 saturated heterocycles. The van der Waals surface area contributed by atoms with Crippen LogP contribution < -0.4 is 24.8 Å². The first kappa shape index (κ1) is 22.7. The van der Waals surface area contributed by atoms with Crippen LogP contribution in [-0.4, -0.2) is 43.3 Å². The van der Waals surface area contributed by atoms with Gasteiger partial charge in [0.15, 0.2) is 17.3 Å². The molecule has 4 rings (SSSR count). The van der Waals surface area contributed by atoms with Crippen LogP contribution in [0.5, 0.6) is 17.2 Å². The molecule has 0 aliphatic rings. The van der Waals surface area contributed by atoms with Crippen LogP contribution in [0.3, 0.4) is 0 Å². The Morgan fingerprint density at radius 3 is 2.21 bits per heavy atom. The number of carbonyl (C=O) groups is 2. The zero-order valence-electron chi connectivity index (χ0n) is 19.2. The predicted octanol–water partition coefficient (Wildman–Crippen LogP) is 4.47. The lowest BCUT2D eigenvalue weighted by molar-refractivity contribution is -0.114. The average molecular weight is 460 g/mol. The third kappa shape index (κ3) is 4.49. The predicted molar refractivity (Wildman–Crippen MR) is 130 cm³/mol. The Morgan fingerprint density at radius 1 is 0.853 bits per heavy atom. The van der Waals surface area contributed by atoms with Gasteiger partial charge in [-0.2, -0.15) is 5.10 Å².